The summed E-state index contributed by atoms with van der Waals surface area (Å²) in [5.74, 6) is 1.24. The zero-order chi connectivity index (χ0) is 12.3. The topological polar surface area (TPSA) is 32.7 Å². The van der Waals surface area contributed by atoms with E-state index in [1.165, 1.54) is 0 Å². The van der Waals surface area contributed by atoms with Crippen LogP contribution in [0.25, 0.3) is 0 Å². The maximum atomic E-state index is 9.13. The summed E-state index contributed by atoms with van der Waals surface area (Å²) in [6, 6.07) is 5.71. The van der Waals surface area contributed by atoms with E-state index in [0.29, 0.717) is 5.92 Å². The number of methoxy groups -OCH3 is 1. The van der Waals surface area contributed by atoms with E-state index in [9.17, 15) is 0 Å². The molecular weight excluding hydrogens is 238 g/mol. The van der Waals surface area contributed by atoms with Crippen LogP contribution in [0.15, 0.2) is 18.2 Å². The average molecular weight is 256 g/mol. The van der Waals surface area contributed by atoms with E-state index in [4.69, 9.17) is 21.4 Å². The van der Waals surface area contributed by atoms with Gasteiger partial charge in [0.15, 0.2) is 0 Å². The third kappa shape index (κ3) is 2.92. The zero-order valence-corrected chi connectivity index (χ0v) is 10.8. The van der Waals surface area contributed by atoms with Gasteiger partial charge in [0.2, 0.25) is 0 Å². The highest BCUT2D eigenvalue weighted by atomic mass is 35.5. The van der Waals surface area contributed by atoms with Crippen LogP contribution in [-0.4, -0.2) is 36.8 Å². The first-order chi connectivity index (χ1) is 8.24. The Kier molecular flexibility index (Phi) is 4.26. The SMILES string of the molecule is COc1cccc(Cl)c1CN1CCC(CO)C1. The fourth-order valence-corrected chi connectivity index (χ4v) is 2.54. The third-order valence-corrected chi connectivity index (χ3v) is 3.66. The van der Waals surface area contributed by atoms with Crippen LogP contribution in [0.5, 0.6) is 5.75 Å². The molecule has 1 aromatic carbocycles. The second-order valence-electron chi connectivity index (χ2n) is 4.49. The molecule has 17 heavy (non-hydrogen) atoms. The Morgan fingerprint density at radius 3 is 3.00 bits per heavy atom. The number of rotatable bonds is 4. The van der Waals surface area contributed by atoms with Gasteiger partial charge in [-0.05, 0) is 31.0 Å². The van der Waals surface area contributed by atoms with Crippen molar-refractivity contribution in [3.05, 3.63) is 28.8 Å². The molecule has 0 aromatic heterocycles. The van der Waals surface area contributed by atoms with E-state index in [1.807, 2.05) is 18.2 Å². The summed E-state index contributed by atoms with van der Waals surface area (Å²) < 4.78 is 5.33. The van der Waals surface area contributed by atoms with Gasteiger partial charge in [-0.2, -0.15) is 0 Å². The summed E-state index contributed by atoms with van der Waals surface area (Å²) >= 11 is 6.20. The predicted molar refractivity (Wildman–Crippen MR) is 68.5 cm³/mol. The molecule has 1 heterocycles. The Morgan fingerprint density at radius 2 is 2.35 bits per heavy atom. The van der Waals surface area contributed by atoms with Crippen molar-refractivity contribution in [2.45, 2.75) is 13.0 Å². The van der Waals surface area contributed by atoms with Crippen LogP contribution in [0.1, 0.15) is 12.0 Å². The van der Waals surface area contributed by atoms with Crippen molar-refractivity contribution in [2.24, 2.45) is 5.92 Å². The molecule has 0 radical (unpaired) electrons. The molecule has 94 valence electrons. The molecule has 1 atom stereocenters. The number of nitrogens with zero attached hydrogens (tertiary/aromatic N) is 1. The van der Waals surface area contributed by atoms with E-state index in [2.05, 4.69) is 4.90 Å². The summed E-state index contributed by atoms with van der Waals surface area (Å²) in [6.07, 6.45) is 1.06. The maximum Gasteiger partial charge on any atom is 0.124 e. The highest BCUT2D eigenvalue weighted by molar-refractivity contribution is 6.31. The molecular formula is C13H18ClNO2. The molecule has 1 N–H and O–H groups in total. The quantitative estimate of drug-likeness (QED) is 0.895. The zero-order valence-electron chi connectivity index (χ0n) is 10.0. The molecule has 0 aliphatic carbocycles. The van der Waals surface area contributed by atoms with Gasteiger partial charge in [0.1, 0.15) is 5.75 Å². The lowest BCUT2D eigenvalue weighted by Gasteiger charge is -2.18. The van der Waals surface area contributed by atoms with E-state index < -0.39 is 0 Å². The minimum absolute atomic E-state index is 0.274. The van der Waals surface area contributed by atoms with E-state index in [-0.39, 0.29) is 6.61 Å². The summed E-state index contributed by atoms with van der Waals surface area (Å²) in [6.45, 7) is 3.01. The lowest BCUT2D eigenvalue weighted by Crippen LogP contribution is -2.21. The van der Waals surface area contributed by atoms with Gasteiger partial charge >= 0.3 is 0 Å². The van der Waals surface area contributed by atoms with Crippen LogP contribution in [-0.2, 0) is 6.54 Å². The molecule has 2 rings (SSSR count). The standard InChI is InChI=1S/C13H18ClNO2/c1-17-13-4-2-3-12(14)11(13)8-15-6-5-10(7-15)9-16/h2-4,10,16H,5-9H2,1H3. The average Bonchev–Trinajstić information content (AvgIpc) is 2.79. The van der Waals surface area contributed by atoms with Crippen molar-refractivity contribution in [2.75, 3.05) is 26.8 Å². The second-order valence-corrected chi connectivity index (χ2v) is 4.90. The van der Waals surface area contributed by atoms with Gasteiger partial charge in [-0.3, -0.25) is 4.90 Å². The molecule has 0 bridgehead atoms. The Morgan fingerprint density at radius 1 is 1.53 bits per heavy atom. The summed E-state index contributed by atoms with van der Waals surface area (Å²) in [5.41, 5.74) is 1.04. The van der Waals surface area contributed by atoms with Gasteiger partial charge < -0.3 is 9.84 Å². The van der Waals surface area contributed by atoms with Gasteiger partial charge in [-0.1, -0.05) is 17.7 Å². The summed E-state index contributed by atoms with van der Waals surface area (Å²) in [7, 11) is 1.66. The molecule has 0 amide bonds. The van der Waals surface area contributed by atoms with E-state index >= 15 is 0 Å². The predicted octanol–water partition coefficient (Wildman–Crippen LogP) is 2.16. The van der Waals surface area contributed by atoms with Gasteiger partial charge in [0.05, 0.1) is 7.11 Å². The highest BCUT2D eigenvalue weighted by Gasteiger charge is 2.23. The normalized spacial score (nSPS) is 20.8. The van der Waals surface area contributed by atoms with Gasteiger partial charge in [-0.15, -0.1) is 0 Å². The van der Waals surface area contributed by atoms with Gasteiger partial charge in [-0.25, -0.2) is 0 Å². The first-order valence-electron chi connectivity index (χ1n) is 5.89. The lowest BCUT2D eigenvalue weighted by molar-refractivity contribution is 0.219. The molecule has 3 nitrogen and oxygen atoms in total. The van der Waals surface area contributed by atoms with Crippen LogP contribution in [0.3, 0.4) is 0 Å². The van der Waals surface area contributed by atoms with Crippen molar-refractivity contribution in [1.29, 1.82) is 0 Å². The smallest absolute Gasteiger partial charge is 0.124 e. The molecule has 4 heteroatoms. The molecule has 1 aromatic rings. The molecule has 0 saturated carbocycles. The van der Waals surface area contributed by atoms with Crippen molar-refractivity contribution in [3.8, 4) is 5.75 Å². The maximum absolute atomic E-state index is 9.13. The van der Waals surface area contributed by atoms with Gasteiger partial charge in [0, 0.05) is 30.3 Å². The lowest BCUT2D eigenvalue weighted by atomic mass is 10.1. The summed E-state index contributed by atoms with van der Waals surface area (Å²) in [5, 5.41) is 9.87. The number of hydrogen-bond donors (Lipinski definition) is 1. The summed E-state index contributed by atoms with van der Waals surface area (Å²) in [4.78, 5) is 2.31. The second kappa shape index (κ2) is 5.71. The van der Waals surface area contributed by atoms with Crippen molar-refractivity contribution < 1.29 is 9.84 Å². The van der Waals surface area contributed by atoms with Crippen molar-refractivity contribution >= 4 is 11.6 Å². The number of halogens is 1. The largest absolute Gasteiger partial charge is 0.496 e. The number of hydrogen-bond acceptors (Lipinski definition) is 3. The van der Waals surface area contributed by atoms with E-state index in [0.717, 1.165) is 42.4 Å². The number of likely N-dealkylation sites (tertiary alicyclic amines) is 1. The van der Waals surface area contributed by atoms with Crippen LogP contribution < -0.4 is 4.74 Å². The third-order valence-electron chi connectivity index (χ3n) is 3.31. The van der Waals surface area contributed by atoms with Crippen molar-refractivity contribution in [1.82, 2.24) is 4.90 Å². The molecule has 1 aliphatic rings. The fourth-order valence-electron chi connectivity index (χ4n) is 2.31. The molecule has 1 unspecified atom stereocenters. The number of ether oxygens (including phenoxy) is 1. The number of aliphatic hydroxyl groups is 1. The monoisotopic (exact) mass is 255 g/mol. The first kappa shape index (κ1) is 12.7. The Bertz CT molecular complexity index is 384. The Balaban J connectivity index is 2.08. The first-order valence-corrected chi connectivity index (χ1v) is 6.27. The minimum atomic E-state index is 0.274. The van der Waals surface area contributed by atoms with Crippen molar-refractivity contribution in [3.63, 3.8) is 0 Å². The molecule has 0 spiro atoms. The van der Waals surface area contributed by atoms with Crippen LogP contribution >= 0.6 is 11.6 Å². The highest BCUT2D eigenvalue weighted by Crippen LogP contribution is 2.29. The number of aliphatic hydroxyl groups excluding tert-OH is 1. The fraction of sp³-hybridized carbons (Fsp3) is 0.538. The minimum Gasteiger partial charge on any atom is -0.496 e. The van der Waals surface area contributed by atoms with Crippen LogP contribution in [0, 0.1) is 5.92 Å². The van der Waals surface area contributed by atoms with E-state index in [1.54, 1.807) is 7.11 Å². The number of benzene rings is 1. The Hall–Kier alpha value is -0.770. The van der Waals surface area contributed by atoms with Gasteiger partial charge in [0.25, 0.3) is 0 Å². The van der Waals surface area contributed by atoms with Crippen LogP contribution in [0.4, 0.5) is 0 Å². The molecule has 1 saturated heterocycles. The molecule has 1 fully saturated rings. The molecule has 1 aliphatic heterocycles. The van der Waals surface area contributed by atoms with Crippen LogP contribution in [0.2, 0.25) is 5.02 Å². The Labute approximate surface area is 107 Å².